The first-order chi connectivity index (χ1) is 18.1. The molecule has 0 aliphatic carbocycles. The molecule has 0 aromatic heterocycles. The fourth-order valence-corrected chi connectivity index (χ4v) is 9.26. The van der Waals surface area contributed by atoms with Gasteiger partial charge in [0.05, 0.1) is 29.2 Å². The molecule has 3 N–H and O–H groups in total. The monoisotopic (exact) mass is 535 g/mol. The van der Waals surface area contributed by atoms with E-state index in [1.165, 1.54) is 0 Å². The summed E-state index contributed by atoms with van der Waals surface area (Å²) in [5.41, 5.74) is 3.37. The fourth-order valence-electron chi connectivity index (χ4n) is 6.85. The number of benzene rings is 2. The van der Waals surface area contributed by atoms with Gasteiger partial charge in [0.25, 0.3) is 0 Å². The molecule has 3 fully saturated rings. The minimum absolute atomic E-state index is 0.0487. The van der Waals surface area contributed by atoms with E-state index in [2.05, 4.69) is 17.6 Å². The van der Waals surface area contributed by atoms with Crippen molar-refractivity contribution in [3.8, 4) is 0 Å². The first kappa shape index (κ1) is 26.8. The number of carbonyl (C=O) groups excluding carboxylic acids is 3. The Hall–Kier alpha value is -2.84. The van der Waals surface area contributed by atoms with Crippen molar-refractivity contribution in [2.45, 2.75) is 63.1 Å². The highest BCUT2D eigenvalue weighted by Crippen LogP contribution is 2.69. The van der Waals surface area contributed by atoms with Gasteiger partial charge in [0.2, 0.25) is 17.7 Å². The van der Waals surface area contributed by atoms with Crippen LogP contribution in [-0.2, 0) is 14.4 Å². The van der Waals surface area contributed by atoms with Crippen LogP contribution in [0.1, 0.15) is 38.3 Å². The highest BCUT2D eigenvalue weighted by Gasteiger charge is 2.76. The number of aliphatic hydroxyl groups excluding tert-OH is 1. The number of hydrogen-bond acceptors (Lipinski definition) is 5. The van der Waals surface area contributed by atoms with E-state index >= 15 is 0 Å². The largest absolute Gasteiger partial charge is 0.394 e. The first-order valence-corrected chi connectivity index (χ1v) is 14.3. The van der Waals surface area contributed by atoms with Gasteiger partial charge in [-0.2, -0.15) is 0 Å². The van der Waals surface area contributed by atoms with Gasteiger partial charge in [-0.25, -0.2) is 0 Å². The molecule has 2 aromatic carbocycles. The SMILES string of the molecule is Cc1ccc(C)c(NC(=O)C2N([C@@H](CO)C(C)C)C(=O)[C@@H]3[C@@H](C(=O)Nc4ccccc4)[C@H]4CC(C)C23S4)c1. The Balaban J connectivity index is 1.56. The summed E-state index contributed by atoms with van der Waals surface area (Å²) < 4.78 is -0.745. The summed E-state index contributed by atoms with van der Waals surface area (Å²) in [6, 6.07) is 13.9. The lowest BCUT2D eigenvalue weighted by Crippen LogP contribution is -2.57. The zero-order chi connectivity index (χ0) is 27.4. The average molecular weight is 536 g/mol. The Labute approximate surface area is 228 Å². The highest BCUT2D eigenvalue weighted by atomic mass is 32.2. The number of nitrogens with one attached hydrogen (secondary N) is 2. The quantitative estimate of drug-likeness (QED) is 0.493. The number of amides is 3. The molecule has 7 atom stereocenters. The van der Waals surface area contributed by atoms with E-state index in [-0.39, 0.29) is 41.4 Å². The van der Waals surface area contributed by atoms with Crippen molar-refractivity contribution in [2.24, 2.45) is 23.7 Å². The van der Waals surface area contributed by atoms with Crippen LogP contribution in [0.2, 0.25) is 0 Å². The molecular formula is C30H37N3O4S. The number of aryl methyl sites for hydroxylation is 2. The molecule has 2 bridgehead atoms. The van der Waals surface area contributed by atoms with Crippen molar-refractivity contribution in [1.29, 1.82) is 0 Å². The van der Waals surface area contributed by atoms with Crippen molar-refractivity contribution < 1.29 is 19.5 Å². The zero-order valence-electron chi connectivity index (χ0n) is 22.6. The molecule has 38 heavy (non-hydrogen) atoms. The predicted molar refractivity (Wildman–Crippen MR) is 151 cm³/mol. The normalized spacial score (nSPS) is 30.4. The van der Waals surface area contributed by atoms with Gasteiger partial charge in [-0.05, 0) is 61.4 Å². The van der Waals surface area contributed by atoms with Crippen molar-refractivity contribution in [1.82, 2.24) is 4.90 Å². The second-order valence-electron chi connectivity index (χ2n) is 11.5. The van der Waals surface area contributed by atoms with E-state index in [1.54, 1.807) is 16.7 Å². The van der Waals surface area contributed by atoms with E-state index in [0.29, 0.717) is 5.69 Å². The molecule has 7 nitrogen and oxygen atoms in total. The van der Waals surface area contributed by atoms with Gasteiger partial charge >= 0.3 is 0 Å². The average Bonchev–Trinajstić information content (AvgIpc) is 3.46. The number of rotatable bonds is 7. The Morgan fingerprint density at radius 3 is 2.47 bits per heavy atom. The number of aliphatic hydroxyl groups is 1. The van der Waals surface area contributed by atoms with Gasteiger partial charge in [-0.1, -0.05) is 51.1 Å². The molecule has 3 aliphatic rings. The van der Waals surface area contributed by atoms with Crippen LogP contribution in [-0.4, -0.2) is 56.4 Å². The van der Waals surface area contributed by atoms with E-state index in [1.807, 2.05) is 76.2 Å². The number of thioether (sulfide) groups is 1. The Kier molecular flexibility index (Phi) is 7.07. The second-order valence-corrected chi connectivity index (χ2v) is 13.0. The minimum atomic E-state index is -0.793. The maximum atomic E-state index is 14.3. The summed E-state index contributed by atoms with van der Waals surface area (Å²) in [6.45, 7) is 9.68. The molecule has 3 saturated heterocycles. The number of fused-ring (bicyclic) bond motifs is 1. The summed E-state index contributed by atoms with van der Waals surface area (Å²) in [7, 11) is 0. The molecule has 3 aliphatic heterocycles. The number of likely N-dealkylation sites (tertiary alicyclic amines) is 1. The first-order valence-electron chi connectivity index (χ1n) is 13.4. The van der Waals surface area contributed by atoms with Crippen LogP contribution in [0, 0.1) is 37.5 Å². The Bertz CT molecular complexity index is 1250. The molecule has 2 aromatic rings. The van der Waals surface area contributed by atoms with E-state index in [4.69, 9.17) is 0 Å². The van der Waals surface area contributed by atoms with Gasteiger partial charge in [-0.15, -0.1) is 11.8 Å². The van der Waals surface area contributed by atoms with Crippen LogP contribution >= 0.6 is 11.8 Å². The third-order valence-corrected chi connectivity index (χ3v) is 10.8. The summed E-state index contributed by atoms with van der Waals surface area (Å²) in [5.74, 6) is -1.82. The van der Waals surface area contributed by atoms with Crippen LogP contribution in [0.4, 0.5) is 11.4 Å². The smallest absolute Gasteiger partial charge is 0.248 e. The minimum Gasteiger partial charge on any atom is -0.394 e. The van der Waals surface area contributed by atoms with Crippen molar-refractivity contribution in [3.63, 3.8) is 0 Å². The van der Waals surface area contributed by atoms with Crippen LogP contribution in [0.25, 0.3) is 0 Å². The summed E-state index contributed by atoms with van der Waals surface area (Å²) in [5, 5.41) is 16.5. The predicted octanol–water partition coefficient (Wildman–Crippen LogP) is 4.23. The summed E-state index contributed by atoms with van der Waals surface area (Å²) in [6.07, 6.45) is 0.758. The van der Waals surface area contributed by atoms with Crippen LogP contribution in [0.3, 0.4) is 0 Å². The molecule has 8 heteroatoms. The molecule has 0 saturated carbocycles. The Morgan fingerprint density at radius 2 is 1.82 bits per heavy atom. The van der Waals surface area contributed by atoms with Gasteiger partial charge in [-0.3, -0.25) is 14.4 Å². The number of carbonyl (C=O) groups is 3. The molecule has 1 spiro atoms. The topological polar surface area (TPSA) is 98.7 Å². The van der Waals surface area contributed by atoms with E-state index < -0.39 is 28.7 Å². The number of anilines is 2. The lowest BCUT2D eigenvalue weighted by molar-refractivity contribution is -0.142. The summed E-state index contributed by atoms with van der Waals surface area (Å²) >= 11 is 1.64. The molecular weight excluding hydrogens is 498 g/mol. The number of hydrogen-bond donors (Lipinski definition) is 3. The molecule has 3 unspecified atom stereocenters. The molecule has 202 valence electrons. The third kappa shape index (κ3) is 4.13. The van der Waals surface area contributed by atoms with Crippen molar-refractivity contribution >= 4 is 40.9 Å². The molecule has 5 rings (SSSR count). The van der Waals surface area contributed by atoms with Crippen molar-refractivity contribution in [3.05, 3.63) is 59.7 Å². The maximum Gasteiger partial charge on any atom is 0.248 e. The lowest BCUT2D eigenvalue weighted by atomic mass is 9.65. The van der Waals surface area contributed by atoms with Crippen LogP contribution in [0.15, 0.2) is 48.5 Å². The summed E-state index contributed by atoms with van der Waals surface area (Å²) in [4.78, 5) is 43.8. The fraction of sp³-hybridized carbons (Fsp3) is 0.500. The number of nitrogens with zero attached hydrogens (tertiary/aromatic N) is 1. The van der Waals surface area contributed by atoms with Crippen LogP contribution < -0.4 is 10.6 Å². The standard InChI is InChI=1S/C30H37N3O4S/c1-16(2)22(15-34)33-26(28(36)32-21-13-17(3)11-12-18(21)4)30-19(5)14-23(38-30)24(25(30)29(33)37)27(35)31-20-9-7-6-8-10-20/h6-13,16,19,22-26,34H,14-15H2,1-5H3,(H,31,35)(H,32,36)/t19?,22-,23+,24-,25-,26?,30?/m0/s1. The van der Waals surface area contributed by atoms with Gasteiger partial charge < -0.3 is 20.6 Å². The maximum absolute atomic E-state index is 14.3. The second kappa shape index (κ2) is 10.0. The van der Waals surface area contributed by atoms with Crippen molar-refractivity contribution in [2.75, 3.05) is 17.2 Å². The molecule has 0 radical (unpaired) electrons. The lowest BCUT2D eigenvalue weighted by Gasteiger charge is -2.41. The zero-order valence-corrected chi connectivity index (χ0v) is 23.4. The highest BCUT2D eigenvalue weighted by molar-refractivity contribution is 8.02. The molecule has 3 heterocycles. The van der Waals surface area contributed by atoms with Gasteiger partial charge in [0.1, 0.15) is 6.04 Å². The van der Waals surface area contributed by atoms with E-state index in [0.717, 1.165) is 23.2 Å². The van der Waals surface area contributed by atoms with Gasteiger partial charge in [0.15, 0.2) is 0 Å². The molecule has 3 amide bonds. The number of para-hydroxylation sites is 1. The van der Waals surface area contributed by atoms with E-state index in [9.17, 15) is 19.5 Å². The van der Waals surface area contributed by atoms with Crippen LogP contribution in [0.5, 0.6) is 0 Å². The Morgan fingerprint density at radius 1 is 1.11 bits per heavy atom. The van der Waals surface area contributed by atoms with Gasteiger partial charge in [0, 0.05) is 16.6 Å². The third-order valence-electron chi connectivity index (χ3n) is 8.74.